The standard InChI is InChI=1S/C11H19Cl2O2P/c1-4-8(5-2)15-16(14)6-9-10(3,7-16)11(9,12)13/h8-9H,4-7H2,1-3H3. The third-order valence-electron chi connectivity index (χ3n) is 4.17. The van der Waals surface area contributed by atoms with Gasteiger partial charge in [-0.25, -0.2) is 0 Å². The fraction of sp³-hybridized carbons (Fsp3) is 1.00. The minimum absolute atomic E-state index is 0.118. The molecule has 3 unspecified atom stereocenters. The summed E-state index contributed by atoms with van der Waals surface area (Å²) in [7, 11) is -2.48. The summed E-state index contributed by atoms with van der Waals surface area (Å²) in [5, 5.41) is 0. The van der Waals surface area contributed by atoms with Crippen LogP contribution < -0.4 is 0 Å². The van der Waals surface area contributed by atoms with Crippen molar-refractivity contribution in [1.29, 1.82) is 0 Å². The minimum Gasteiger partial charge on any atom is -0.325 e. The van der Waals surface area contributed by atoms with Gasteiger partial charge in [0.25, 0.3) is 0 Å². The van der Waals surface area contributed by atoms with Gasteiger partial charge in [0.15, 0.2) is 0 Å². The van der Waals surface area contributed by atoms with Crippen molar-refractivity contribution in [2.24, 2.45) is 11.3 Å². The lowest BCUT2D eigenvalue weighted by molar-refractivity contribution is 0.195. The second-order valence-corrected chi connectivity index (χ2v) is 9.20. The average molecular weight is 285 g/mol. The van der Waals surface area contributed by atoms with E-state index in [0.29, 0.717) is 12.3 Å². The molecule has 3 atom stereocenters. The highest BCUT2D eigenvalue weighted by molar-refractivity contribution is 7.59. The molecule has 0 N–H and O–H groups in total. The van der Waals surface area contributed by atoms with Gasteiger partial charge in [0.1, 0.15) is 4.33 Å². The maximum Gasteiger partial charge on any atom is 0.204 e. The van der Waals surface area contributed by atoms with Crippen LogP contribution in [0.2, 0.25) is 0 Å². The van der Waals surface area contributed by atoms with E-state index in [1.54, 1.807) is 0 Å². The van der Waals surface area contributed by atoms with Crippen molar-refractivity contribution in [2.75, 3.05) is 12.3 Å². The predicted octanol–water partition coefficient (Wildman–Crippen LogP) is 4.29. The number of rotatable bonds is 4. The molecule has 0 aromatic heterocycles. The van der Waals surface area contributed by atoms with Gasteiger partial charge in [-0.15, -0.1) is 23.2 Å². The molecule has 0 aromatic carbocycles. The zero-order valence-corrected chi connectivity index (χ0v) is 12.4. The van der Waals surface area contributed by atoms with Crippen molar-refractivity contribution in [3.63, 3.8) is 0 Å². The van der Waals surface area contributed by atoms with E-state index in [0.717, 1.165) is 12.8 Å². The third kappa shape index (κ3) is 1.77. The molecule has 0 spiro atoms. The molecular weight excluding hydrogens is 266 g/mol. The number of alkyl halides is 2. The normalized spacial score (nSPS) is 44.8. The van der Waals surface area contributed by atoms with Crippen molar-refractivity contribution < 1.29 is 9.09 Å². The maximum absolute atomic E-state index is 12.5. The van der Waals surface area contributed by atoms with Gasteiger partial charge in [-0.1, -0.05) is 20.8 Å². The number of hydrogen-bond donors (Lipinski definition) is 0. The summed E-state index contributed by atoms with van der Waals surface area (Å²) < 4.78 is 17.7. The molecule has 0 amide bonds. The quantitative estimate of drug-likeness (QED) is 0.569. The van der Waals surface area contributed by atoms with Crippen LogP contribution in [0.1, 0.15) is 33.6 Å². The van der Waals surface area contributed by atoms with Gasteiger partial charge in [-0.05, 0) is 12.8 Å². The van der Waals surface area contributed by atoms with Crippen LogP contribution in [0.3, 0.4) is 0 Å². The lowest BCUT2D eigenvalue weighted by Crippen LogP contribution is -2.16. The Morgan fingerprint density at radius 1 is 1.44 bits per heavy atom. The Bertz CT molecular complexity index is 335. The monoisotopic (exact) mass is 284 g/mol. The second kappa shape index (κ2) is 3.88. The molecule has 0 radical (unpaired) electrons. The predicted molar refractivity (Wildman–Crippen MR) is 68.8 cm³/mol. The van der Waals surface area contributed by atoms with E-state index in [-0.39, 0.29) is 17.4 Å². The highest BCUT2D eigenvalue weighted by atomic mass is 35.5. The van der Waals surface area contributed by atoms with E-state index in [9.17, 15) is 4.57 Å². The molecule has 1 saturated heterocycles. The van der Waals surface area contributed by atoms with Crippen LogP contribution in [0.25, 0.3) is 0 Å². The Hall–Kier alpha value is 0.770. The molecule has 0 bridgehead atoms. The zero-order valence-electron chi connectivity index (χ0n) is 10.0. The van der Waals surface area contributed by atoms with Crippen molar-refractivity contribution >= 4 is 30.6 Å². The smallest absolute Gasteiger partial charge is 0.204 e. The van der Waals surface area contributed by atoms with Crippen molar-refractivity contribution in [3.05, 3.63) is 0 Å². The van der Waals surface area contributed by atoms with Gasteiger partial charge in [0, 0.05) is 23.7 Å². The van der Waals surface area contributed by atoms with Crippen LogP contribution in [-0.4, -0.2) is 22.8 Å². The first-order valence-electron chi connectivity index (χ1n) is 5.93. The van der Waals surface area contributed by atoms with Crippen LogP contribution in [0.4, 0.5) is 0 Å². The molecule has 1 aliphatic carbocycles. The van der Waals surface area contributed by atoms with Crippen molar-refractivity contribution in [2.45, 2.75) is 44.1 Å². The third-order valence-corrected chi connectivity index (χ3v) is 8.30. The Morgan fingerprint density at radius 2 is 2.00 bits per heavy atom. The van der Waals surface area contributed by atoms with Gasteiger partial charge in [0.2, 0.25) is 7.37 Å². The van der Waals surface area contributed by atoms with E-state index < -0.39 is 11.7 Å². The van der Waals surface area contributed by atoms with Gasteiger partial charge >= 0.3 is 0 Å². The minimum atomic E-state index is -2.48. The molecule has 1 heterocycles. The van der Waals surface area contributed by atoms with Crippen LogP contribution in [0.5, 0.6) is 0 Å². The topological polar surface area (TPSA) is 26.3 Å². The first-order chi connectivity index (χ1) is 7.29. The molecule has 16 heavy (non-hydrogen) atoms. The summed E-state index contributed by atoms with van der Waals surface area (Å²) in [5.41, 5.74) is -0.183. The molecule has 2 fully saturated rings. The lowest BCUT2D eigenvalue weighted by atomic mass is 10.1. The second-order valence-electron chi connectivity index (χ2n) is 5.29. The highest BCUT2D eigenvalue weighted by Gasteiger charge is 2.79. The van der Waals surface area contributed by atoms with Crippen LogP contribution >= 0.6 is 30.6 Å². The van der Waals surface area contributed by atoms with Gasteiger partial charge in [0.05, 0.1) is 6.10 Å². The molecule has 5 heteroatoms. The van der Waals surface area contributed by atoms with Crippen LogP contribution in [0.15, 0.2) is 0 Å². The lowest BCUT2D eigenvalue weighted by Gasteiger charge is -2.24. The van der Waals surface area contributed by atoms with Gasteiger partial charge < -0.3 is 4.52 Å². The Balaban J connectivity index is 2.03. The summed E-state index contributed by atoms with van der Waals surface area (Å²) in [6.07, 6.45) is 3.05. The first-order valence-corrected chi connectivity index (χ1v) is 8.68. The zero-order chi connectivity index (χ0) is 12.2. The number of hydrogen-bond acceptors (Lipinski definition) is 2. The first kappa shape index (κ1) is 13.2. The fourth-order valence-corrected chi connectivity index (χ4v) is 8.00. The molecule has 1 saturated carbocycles. The molecule has 94 valence electrons. The Labute approximate surface area is 107 Å². The van der Waals surface area contributed by atoms with E-state index in [4.69, 9.17) is 27.7 Å². The summed E-state index contributed by atoms with van der Waals surface area (Å²) in [6, 6.07) is 0. The SMILES string of the molecule is CCC(CC)OP1(=O)CC2C(Cl)(Cl)C2(C)C1. The van der Waals surface area contributed by atoms with Crippen LogP contribution in [0, 0.1) is 11.3 Å². The van der Waals surface area contributed by atoms with Gasteiger partial charge in [-0.3, -0.25) is 4.57 Å². The fourth-order valence-electron chi connectivity index (χ4n) is 2.84. The van der Waals surface area contributed by atoms with Crippen molar-refractivity contribution in [1.82, 2.24) is 0 Å². The largest absolute Gasteiger partial charge is 0.325 e. The van der Waals surface area contributed by atoms with Crippen LogP contribution in [-0.2, 0) is 9.09 Å². The average Bonchev–Trinajstić information content (AvgIpc) is 2.51. The molecule has 1 aliphatic heterocycles. The molecule has 2 nitrogen and oxygen atoms in total. The number of halogens is 2. The highest BCUT2D eigenvalue weighted by Crippen LogP contribution is 2.82. The Morgan fingerprint density at radius 3 is 2.38 bits per heavy atom. The van der Waals surface area contributed by atoms with E-state index in [1.807, 2.05) is 6.92 Å². The maximum atomic E-state index is 12.5. The van der Waals surface area contributed by atoms with Crippen molar-refractivity contribution in [3.8, 4) is 0 Å². The Kier molecular flexibility index (Phi) is 3.20. The molecule has 2 rings (SSSR count). The van der Waals surface area contributed by atoms with Gasteiger partial charge in [-0.2, -0.15) is 0 Å². The molecular formula is C11H19Cl2O2P. The summed E-state index contributed by atoms with van der Waals surface area (Å²) in [4.78, 5) is 0. The van der Waals surface area contributed by atoms with E-state index in [1.165, 1.54) is 0 Å². The van der Waals surface area contributed by atoms with E-state index in [2.05, 4.69) is 13.8 Å². The summed E-state index contributed by atoms with van der Waals surface area (Å²) in [5.74, 6) is 0.156. The van der Waals surface area contributed by atoms with E-state index >= 15 is 0 Å². The summed E-state index contributed by atoms with van der Waals surface area (Å²) in [6.45, 7) is 6.14. The molecule has 2 aliphatic rings. The molecule has 0 aromatic rings. The summed E-state index contributed by atoms with van der Waals surface area (Å²) >= 11 is 12.3. The number of fused-ring (bicyclic) bond motifs is 1.